The van der Waals surface area contributed by atoms with Crippen molar-refractivity contribution in [1.29, 1.82) is 0 Å². The number of carbonyl (C=O) groups excluding carboxylic acids is 1. The molecule has 0 bridgehead atoms. The van der Waals surface area contributed by atoms with Gasteiger partial charge in [0, 0.05) is 44.7 Å². The molecule has 28 heavy (non-hydrogen) atoms. The van der Waals surface area contributed by atoms with Crippen molar-refractivity contribution in [3.63, 3.8) is 0 Å². The molecule has 0 aromatic heterocycles. The van der Waals surface area contributed by atoms with E-state index in [0.29, 0.717) is 17.9 Å². The first-order chi connectivity index (χ1) is 13.6. The highest BCUT2D eigenvalue weighted by Crippen LogP contribution is 2.27. The van der Waals surface area contributed by atoms with E-state index in [0.717, 1.165) is 37.6 Å². The van der Waals surface area contributed by atoms with Gasteiger partial charge in [-0.25, -0.2) is 4.79 Å². The number of benzene rings is 2. The fourth-order valence-corrected chi connectivity index (χ4v) is 3.11. The van der Waals surface area contributed by atoms with Crippen LogP contribution in [-0.4, -0.2) is 64.4 Å². The van der Waals surface area contributed by atoms with Gasteiger partial charge in [-0.05, 0) is 43.4 Å². The van der Waals surface area contributed by atoms with Crippen LogP contribution < -0.4 is 16.0 Å². The number of esters is 1. The van der Waals surface area contributed by atoms with Gasteiger partial charge in [-0.3, -0.25) is 0 Å². The number of nitrogens with zero attached hydrogens (tertiary/aromatic N) is 2. The maximum absolute atomic E-state index is 12.0. The molecule has 0 saturated carbocycles. The monoisotopic (exact) mass is 384 g/mol. The topological polar surface area (TPSA) is 80.1 Å². The van der Waals surface area contributed by atoms with Crippen molar-refractivity contribution in [2.45, 2.75) is 0 Å². The summed E-state index contributed by atoms with van der Waals surface area (Å²) in [6, 6.07) is 13.4. The van der Waals surface area contributed by atoms with Gasteiger partial charge in [0.2, 0.25) is 0 Å². The summed E-state index contributed by atoms with van der Waals surface area (Å²) in [6.07, 6.45) is 0. The summed E-state index contributed by atoms with van der Waals surface area (Å²) < 4.78 is 10.0. The Morgan fingerprint density at radius 2 is 1.89 bits per heavy atom. The number of hydrogen-bond acceptors (Lipinski definition) is 7. The summed E-state index contributed by atoms with van der Waals surface area (Å²) in [6.45, 7) is 4.74. The Morgan fingerprint density at radius 1 is 1.11 bits per heavy atom. The number of ether oxygens (including phenoxy) is 2. The molecule has 2 aromatic rings. The van der Waals surface area contributed by atoms with E-state index in [1.54, 1.807) is 25.3 Å². The number of nitrogen functional groups attached to an aromatic ring is 1. The van der Waals surface area contributed by atoms with E-state index in [2.05, 4.69) is 34.3 Å². The number of rotatable bonds is 7. The highest BCUT2D eigenvalue weighted by Gasteiger charge is 2.15. The number of nitrogens with two attached hydrogens (primary N) is 1. The van der Waals surface area contributed by atoms with Gasteiger partial charge < -0.3 is 30.3 Å². The molecule has 0 spiro atoms. The molecule has 1 saturated heterocycles. The average molecular weight is 384 g/mol. The molecule has 3 N–H and O–H groups in total. The summed E-state index contributed by atoms with van der Waals surface area (Å²) in [7, 11) is 3.71. The zero-order chi connectivity index (χ0) is 19.9. The van der Waals surface area contributed by atoms with E-state index < -0.39 is 5.97 Å². The van der Waals surface area contributed by atoms with Gasteiger partial charge in [-0.15, -0.1) is 0 Å². The van der Waals surface area contributed by atoms with Crippen LogP contribution in [0.3, 0.4) is 0 Å². The van der Waals surface area contributed by atoms with Crippen LogP contribution in [0.4, 0.5) is 22.7 Å². The molecule has 3 rings (SSSR count). The SMILES string of the molecule is COCCOC(=O)c1ccc(Nc2cccc(N3CCN(C)CC3)c2)c(N)c1. The molecule has 0 unspecified atom stereocenters. The quantitative estimate of drug-likeness (QED) is 0.431. The van der Waals surface area contributed by atoms with E-state index in [-0.39, 0.29) is 6.61 Å². The minimum atomic E-state index is -0.410. The molecule has 2 aromatic carbocycles. The zero-order valence-corrected chi connectivity index (χ0v) is 16.5. The Kier molecular flexibility index (Phi) is 6.73. The third-order valence-electron chi connectivity index (χ3n) is 4.80. The lowest BCUT2D eigenvalue weighted by Gasteiger charge is -2.34. The Balaban J connectivity index is 1.66. The molecule has 0 atom stereocenters. The highest BCUT2D eigenvalue weighted by atomic mass is 16.6. The van der Waals surface area contributed by atoms with Crippen molar-refractivity contribution >= 4 is 28.7 Å². The lowest BCUT2D eigenvalue weighted by Crippen LogP contribution is -2.44. The summed E-state index contributed by atoms with van der Waals surface area (Å²) in [5.74, 6) is -0.410. The van der Waals surface area contributed by atoms with Crippen LogP contribution in [0.25, 0.3) is 0 Å². The van der Waals surface area contributed by atoms with Crippen molar-refractivity contribution in [3.05, 3.63) is 48.0 Å². The van der Waals surface area contributed by atoms with Crippen molar-refractivity contribution in [2.24, 2.45) is 0 Å². The maximum atomic E-state index is 12.0. The smallest absolute Gasteiger partial charge is 0.338 e. The standard InChI is InChI=1S/C21H28N4O3/c1-24-8-10-25(11-9-24)18-5-3-4-17(15-18)23-20-7-6-16(14-19(20)22)21(26)28-13-12-27-2/h3-7,14-15,23H,8-13,22H2,1-2H3. The molecular formula is C21H28N4O3. The Labute approximate surface area is 166 Å². The lowest BCUT2D eigenvalue weighted by molar-refractivity contribution is 0.0388. The molecule has 7 heteroatoms. The molecule has 0 aliphatic carbocycles. The number of piperazine rings is 1. The Hall–Kier alpha value is -2.77. The van der Waals surface area contributed by atoms with E-state index in [4.69, 9.17) is 15.2 Å². The normalized spacial score (nSPS) is 14.7. The second-order valence-electron chi connectivity index (χ2n) is 6.90. The van der Waals surface area contributed by atoms with E-state index >= 15 is 0 Å². The average Bonchev–Trinajstić information content (AvgIpc) is 2.70. The van der Waals surface area contributed by atoms with Crippen molar-refractivity contribution in [2.75, 3.05) is 69.5 Å². The van der Waals surface area contributed by atoms with Crippen LogP contribution in [0.15, 0.2) is 42.5 Å². The van der Waals surface area contributed by atoms with Crippen LogP contribution in [0.5, 0.6) is 0 Å². The minimum Gasteiger partial charge on any atom is -0.460 e. The molecule has 150 valence electrons. The number of hydrogen-bond donors (Lipinski definition) is 2. The number of likely N-dealkylation sites (N-methyl/N-ethyl adjacent to an activating group) is 1. The molecule has 0 radical (unpaired) electrons. The van der Waals surface area contributed by atoms with Crippen molar-refractivity contribution in [1.82, 2.24) is 4.90 Å². The summed E-state index contributed by atoms with van der Waals surface area (Å²) in [5.41, 5.74) is 9.96. The Bertz CT molecular complexity index is 804. The molecule has 1 aliphatic heterocycles. The zero-order valence-electron chi connectivity index (χ0n) is 16.5. The predicted molar refractivity (Wildman–Crippen MR) is 112 cm³/mol. The van der Waals surface area contributed by atoms with Gasteiger partial charge >= 0.3 is 5.97 Å². The number of carbonyl (C=O) groups is 1. The first-order valence-corrected chi connectivity index (χ1v) is 9.43. The molecule has 1 aliphatic rings. The molecular weight excluding hydrogens is 356 g/mol. The fourth-order valence-electron chi connectivity index (χ4n) is 3.11. The number of methoxy groups -OCH3 is 1. The molecule has 1 heterocycles. The number of nitrogens with one attached hydrogen (secondary N) is 1. The minimum absolute atomic E-state index is 0.217. The van der Waals surface area contributed by atoms with Gasteiger partial charge in [0.05, 0.1) is 23.5 Å². The number of anilines is 4. The third-order valence-corrected chi connectivity index (χ3v) is 4.80. The maximum Gasteiger partial charge on any atom is 0.338 e. The first-order valence-electron chi connectivity index (χ1n) is 9.43. The van der Waals surface area contributed by atoms with Gasteiger partial charge in [0.1, 0.15) is 6.61 Å². The second-order valence-corrected chi connectivity index (χ2v) is 6.90. The second kappa shape index (κ2) is 9.43. The van der Waals surface area contributed by atoms with Gasteiger partial charge in [0.15, 0.2) is 0 Å². The van der Waals surface area contributed by atoms with Crippen molar-refractivity contribution in [3.8, 4) is 0 Å². The van der Waals surface area contributed by atoms with E-state index in [1.165, 1.54) is 5.69 Å². The molecule has 7 nitrogen and oxygen atoms in total. The summed E-state index contributed by atoms with van der Waals surface area (Å²) in [5, 5.41) is 3.34. The van der Waals surface area contributed by atoms with Crippen LogP contribution >= 0.6 is 0 Å². The van der Waals surface area contributed by atoms with E-state index in [1.807, 2.05) is 12.1 Å². The van der Waals surface area contributed by atoms with Crippen LogP contribution in [-0.2, 0) is 9.47 Å². The summed E-state index contributed by atoms with van der Waals surface area (Å²) >= 11 is 0. The van der Waals surface area contributed by atoms with Gasteiger partial charge in [-0.2, -0.15) is 0 Å². The fraction of sp³-hybridized carbons (Fsp3) is 0.381. The highest BCUT2D eigenvalue weighted by molar-refractivity contribution is 5.92. The Morgan fingerprint density at radius 3 is 2.61 bits per heavy atom. The first kappa shape index (κ1) is 20.0. The molecule has 0 amide bonds. The largest absolute Gasteiger partial charge is 0.460 e. The third kappa shape index (κ3) is 5.15. The van der Waals surface area contributed by atoms with E-state index in [9.17, 15) is 4.79 Å². The van der Waals surface area contributed by atoms with Crippen LogP contribution in [0.2, 0.25) is 0 Å². The van der Waals surface area contributed by atoms with Gasteiger partial charge in [-0.1, -0.05) is 6.07 Å². The van der Waals surface area contributed by atoms with Crippen LogP contribution in [0.1, 0.15) is 10.4 Å². The summed E-state index contributed by atoms with van der Waals surface area (Å²) in [4.78, 5) is 16.7. The van der Waals surface area contributed by atoms with Crippen molar-refractivity contribution < 1.29 is 14.3 Å². The predicted octanol–water partition coefficient (Wildman–Crippen LogP) is 2.57. The van der Waals surface area contributed by atoms with Crippen LogP contribution in [0, 0.1) is 0 Å². The molecule has 1 fully saturated rings. The lowest BCUT2D eigenvalue weighted by atomic mass is 10.1. The van der Waals surface area contributed by atoms with Gasteiger partial charge in [0.25, 0.3) is 0 Å².